The van der Waals surface area contributed by atoms with Gasteiger partial charge in [0.15, 0.2) is 11.5 Å². The van der Waals surface area contributed by atoms with E-state index in [1.807, 2.05) is 30.3 Å². The number of ether oxygens (including phenoxy) is 2. The molecule has 0 fully saturated rings. The van der Waals surface area contributed by atoms with E-state index in [0.717, 1.165) is 20.2 Å². The number of anilines is 1. The van der Waals surface area contributed by atoms with Crippen molar-refractivity contribution in [3.8, 4) is 11.5 Å². The predicted molar refractivity (Wildman–Crippen MR) is 91.6 cm³/mol. The predicted octanol–water partition coefficient (Wildman–Crippen LogP) is 5.25. The van der Waals surface area contributed by atoms with E-state index in [1.165, 1.54) is 0 Å². The summed E-state index contributed by atoms with van der Waals surface area (Å²) in [5, 5.41) is 3.95. The third kappa shape index (κ3) is 3.47. The monoisotopic (exact) mass is 431 g/mol. The molecular weight excluding hydrogens is 421 g/mol. The van der Waals surface area contributed by atoms with Crippen LogP contribution >= 0.6 is 43.5 Å². The summed E-state index contributed by atoms with van der Waals surface area (Å²) >= 11 is 13.2. The molecular formula is C15H12Br2ClNO2. The Morgan fingerprint density at radius 1 is 1.10 bits per heavy atom. The van der Waals surface area contributed by atoms with Crippen LogP contribution in [0, 0.1) is 0 Å². The molecule has 110 valence electrons. The fourth-order valence-electron chi connectivity index (χ4n) is 2.10. The van der Waals surface area contributed by atoms with E-state index >= 15 is 0 Å². The second-order valence-corrected chi connectivity index (χ2v) is 6.76. The minimum Gasteiger partial charge on any atom is -0.486 e. The second-order valence-electron chi connectivity index (χ2n) is 4.58. The van der Waals surface area contributed by atoms with Gasteiger partial charge in [0, 0.05) is 21.2 Å². The van der Waals surface area contributed by atoms with Crippen molar-refractivity contribution in [2.45, 2.75) is 6.54 Å². The number of hydrogen-bond donors (Lipinski definition) is 1. The Balaban J connectivity index is 1.79. The number of fused-ring (bicyclic) bond motifs is 1. The molecule has 0 unspecified atom stereocenters. The van der Waals surface area contributed by atoms with Gasteiger partial charge in [-0.05, 0) is 51.8 Å². The van der Waals surface area contributed by atoms with Gasteiger partial charge >= 0.3 is 0 Å². The van der Waals surface area contributed by atoms with E-state index in [9.17, 15) is 0 Å². The minimum atomic E-state index is 0.537. The fourth-order valence-corrected chi connectivity index (χ4v) is 3.13. The SMILES string of the molecule is Clc1cc(CNc2cc(Br)ccc2Br)cc2c1OCCO2. The first kappa shape index (κ1) is 15.0. The van der Waals surface area contributed by atoms with Crippen LogP contribution in [-0.4, -0.2) is 13.2 Å². The molecule has 1 heterocycles. The maximum absolute atomic E-state index is 6.24. The van der Waals surface area contributed by atoms with Crippen LogP contribution in [0.2, 0.25) is 5.02 Å². The lowest BCUT2D eigenvalue weighted by Crippen LogP contribution is -2.16. The van der Waals surface area contributed by atoms with Gasteiger partial charge in [0.25, 0.3) is 0 Å². The molecule has 2 aromatic carbocycles. The maximum Gasteiger partial charge on any atom is 0.179 e. The van der Waals surface area contributed by atoms with E-state index in [0.29, 0.717) is 36.3 Å². The molecule has 0 aromatic heterocycles. The highest BCUT2D eigenvalue weighted by atomic mass is 79.9. The van der Waals surface area contributed by atoms with Gasteiger partial charge in [-0.15, -0.1) is 0 Å². The van der Waals surface area contributed by atoms with E-state index in [4.69, 9.17) is 21.1 Å². The van der Waals surface area contributed by atoms with Crippen molar-refractivity contribution in [1.82, 2.24) is 0 Å². The highest BCUT2D eigenvalue weighted by molar-refractivity contribution is 9.11. The van der Waals surface area contributed by atoms with Crippen LogP contribution in [0.5, 0.6) is 11.5 Å². The molecule has 3 nitrogen and oxygen atoms in total. The zero-order valence-corrected chi connectivity index (χ0v) is 14.9. The molecule has 0 saturated heterocycles. The van der Waals surface area contributed by atoms with Gasteiger partial charge in [-0.3, -0.25) is 0 Å². The molecule has 0 aliphatic carbocycles. The van der Waals surface area contributed by atoms with Crippen LogP contribution in [0.1, 0.15) is 5.56 Å². The van der Waals surface area contributed by atoms with E-state index in [1.54, 1.807) is 0 Å². The highest BCUT2D eigenvalue weighted by Crippen LogP contribution is 2.38. The summed E-state index contributed by atoms with van der Waals surface area (Å²) in [5.41, 5.74) is 2.05. The van der Waals surface area contributed by atoms with Gasteiger partial charge in [-0.25, -0.2) is 0 Å². The standard InChI is InChI=1S/C15H12Br2ClNO2/c16-10-1-2-11(17)13(7-10)19-8-9-5-12(18)15-14(6-9)20-3-4-21-15/h1-2,5-7,19H,3-4,8H2. The Morgan fingerprint density at radius 3 is 2.76 bits per heavy atom. The van der Waals surface area contributed by atoms with E-state index in [-0.39, 0.29) is 0 Å². The van der Waals surface area contributed by atoms with Gasteiger partial charge in [0.05, 0.1) is 5.02 Å². The molecule has 0 atom stereocenters. The van der Waals surface area contributed by atoms with Crippen molar-refractivity contribution in [2.24, 2.45) is 0 Å². The van der Waals surface area contributed by atoms with Crippen LogP contribution in [0.15, 0.2) is 39.3 Å². The fraction of sp³-hybridized carbons (Fsp3) is 0.200. The number of nitrogens with one attached hydrogen (secondary N) is 1. The van der Waals surface area contributed by atoms with Gasteiger partial charge < -0.3 is 14.8 Å². The first-order chi connectivity index (χ1) is 10.1. The van der Waals surface area contributed by atoms with Crippen molar-refractivity contribution in [2.75, 3.05) is 18.5 Å². The summed E-state index contributed by atoms with van der Waals surface area (Å²) in [6.45, 7) is 1.73. The molecule has 21 heavy (non-hydrogen) atoms. The largest absolute Gasteiger partial charge is 0.486 e. The van der Waals surface area contributed by atoms with Crippen molar-refractivity contribution in [1.29, 1.82) is 0 Å². The Labute approximate surface area is 144 Å². The molecule has 0 radical (unpaired) electrons. The number of benzene rings is 2. The number of halogens is 3. The van der Waals surface area contributed by atoms with E-state index < -0.39 is 0 Å². The molecule has 0 bridgehead atoms. The zero-order chi connectivity index (χ0) is 14.8. The molecule has 2 aromatic rings. The Hall–Kier alpha value is -0.910. The maximum atomic E-state index is 6.24. The summed E-state index contributed by atoms with van der Waals surface area (Å²) in [6, 6.07) is 9.84. The average molecular weight is 434 g/mol. The van der Waals surface area contributed by atoms with Gasteiger partial charge in [-0.1, -0.05) is 27.5 Å². The summed E-state index contributed by atoms with van der Waals surface area (Å²) in [5.74, 6) is 1.34. The molecule has 6 heteroatoms. The van der Waals surface area contributed by atoms with Gasteiger partial charge in [0.1, 0.15) is 13.2 Å². The normalized spacial score (nSPS) is 13.1. The van der Waals surface area contributed by atoms with Gasteiger partial charge in [0.2, 0.25) is 0 Å². The van der Waals surface area contributed by atoms with Crippen LogP contribution in [-0.2, 0) is 6.54 Å². The van der Waals surface area contributed by atoms with Crippen LogP contribution < -0.4 is 14.8 Å². The summed E-state index contributed by atoms with van der Waals surface area (Å²) in [4.78, 5) is 0. The first-order valence-corrected chi connectivity index (χ1v) is 8.37. The van der Waals surface area contributed by atoms with Crippen molar-refractivity contribution in [3.63, 3.8) is 0 Å². The van der Waals surface area contributed by atoms with Crippen LogP contribution in [0.3, 0.4) is 0 Å². The summed E-state index contributed by atoms with van der Waals surface area (Å²) in [7, 11) is 0. The van der Waals surface area contributed by atoms with Crippen molar-refractivity contribution < 1.29 is 9.47 Å². The average Bonchev–Trinajstić information content (AvgIpc) is 2.48. The lowest BCUT2D eigenvalue weighted by Gasteiger charge is -2.20. The molecule has 0 saturated carbocycles. The van der Waals surface area contributed by atoms with Crippen LogP contribution in [0.25, 0.3) is 0 Å². The lowest BCUT2D eigenvalue weighted by molar-refractivity contribution is 0.171. The Morgan fingerprint density at radius 2 is 1.90 bits per heavy atom. The Kier molecular flexibility index (Phi) is 4.62. The Bertz CT molecular complexity index is 679. The third-order valence-electron chi connectivity index (χ3n) is 3.07. The van der Waals surface area contributed by atoms with Gasteiger partial charge in [-0.2, -0.15) is 0 Å². The molecule has 1 N–H and O–H groups in total. The van der Waals surface area contributed by atoms with E-state index in [2.05, 4.69) is 37.2 Å². The highest BCUT2D eigenvalue weighted by Gasteiger charge is 2.16. The minimum absolute atomic E-state index is 0.537. The zero-order valence-electron chi connectivity index (χ0n) is 11.0. The van der Waals surface area contributed by atoms with Crippen LogP contribution in [0.4, 0.5) is 5.69 Å². The molecule has 1 aliphatic heterocycles. The smallest absolute Gasteiger partial charge is 0.179 e. The third-order valence-corrected chi connectivity index (χ3v) is 4.53. The molecule has 1 aliphatic rings. The number of rotatable bonds is 3. The topological polar surface area (TPSA) is 30.5 Å². The van der Waals surface area contributed by atoms with Crippen molar-refractivity contribution >= 4 is 49.1 Å². The second kappa shape index (κ2) is 6.46. The first-order valence-electron chi connectivity index (χ1n) is 6.40. The summed E-state index contributed by atoms with van der Waals surface area (Å²) < 4.78 is 13.1. The molecule has 0 spiro atoms. The lowest BCUT2D eigenvalue weighted by atomic mass is 10.2. The number of hydrogen-bond acceptors (Lipinski definition) is 3. The quantitative estimate of drug-likeness (QED) is 0.717. The molecule has 0 amide bonds. The summed E-state index contributed by atoms with van der Waals surface area (Å²) in [6.07, 6.45) is 0. The molecule has 3 rings (SSSR count). The van der Waals surface area contributed by atoms with Crippen molar-refractivity contribution in [3.05, 3.63) is 49.9 Å².